The van der Waals surface area contributed by atoms with Crippen molar-refractivity contribution < 1.29 is 27.4 Å². The molecule has 2 N–H and O–H groups in total. The zero-order chi connectivity index (χ0) is 20.1. The van der Waals surface area contributed by atoms with E-state index in [0.717, 1.165) is 5.56 Å². The number of rotatable bonds is 6. The lowest BCUT2D eigenvalue weighted by Gasteiger charge is -2.36. The van der Waals surface area contributed by atoms with E-state index in [2.05, 4.69) is 31.3 Å². The van der Waals surface area contributed by atoms with Crippen LogP contribution in [0.15, 0.2) is 53.0 Å². The largest absolute Gasteiger partial charge is 0.573 e. The number of ether oxygens (including phenoxy) is 2. The molecular weight excluding hydrogens is 441 g/mol. The number of alkyl halides is 3. The SMILES string of the molecule is O=C(NC1CC(Nc2ccc(Br)cc2OC(F)(F)F)C1)OCc1ccccc1. The van der Waals surface area contributed by atoms with Crippen LogP contribution < -0.4 is 15.4 Å². The molecule has 3 rings (SSSR count). The number of hydrogen-bond acceptors (Lipinski definition) is 4. The Hall–Kier alpha value is -2.42. The quantitative estimate of drug-likeness (QED) is 0.623. The molecule has 0 aromatic heterocycles. The fraction of sp³-hybridized carbons (Fsp3) is 0.316. The van der Waals surface area contributed by atoms with Gasteiger partial charge in [0.05, 0.1) is 5.69 Å². The van der Waals surface area contributed by atoms with Crippen molar-refractivity contribution in [1.29, 1.82) is 0 Å². The highest BCUT2D eigenvalue weighted by Gasteiger charge is 2.34. The first kappa shape index (κ1) is 20.3. The molecule has 150 valence electrons. The van der Waals surface area contributed by atoms with Gasteiger partial charge in [-0.1, -0.05) is 46.3 Å². The smallest absolute Gasteiger partial charge is 0.445 e. The van der Waals surface area contributed by atoms with Crippen molar-refractivity contribution in [3.8, 4) is 5.75 Å². The van der Waals surface area contributed by atoms with Gasteiger partial charge in [-0.3, -0.25) is 0 Å². The van der Waals surface area contributed by atoms with Gasteiger partial charge in [-0.25, -0.2) is 4.79 Å². The lowest BCUT2D eigenvalue weighted by molar-refractivity contribution is -0.274. The molecular formula is C19H18BrF3N2O3. The lowest BCUT2D eigenvalue weighted by atomic mass is 9.86. The van der Waals surface area contributed by atoms with Gasteiger partial charge in [0.1, 0.15) is 6.61 Å². The van der Waals surface area contributed by atoms with E-state index < -0.39 is 12.5 Å². The summed E-state index contributed by atoms with van der Waals surface area (Å²) in [7, 11) is 0. The number of halogens is 4. The summed E-state index contributed by atoms with van der Waals surface area (Å²) in [4.78, 5) is 11.8. The first-order chi connectivity index (χ1) is 13.3. The van der Waals surface area contributed by atoms with E-state index in [9.17, 15) is 18.0 Å². The molecule has 28 heavy (non-hydrogen) atoms. The monoisotopic (exact) mass is 458 g/mol. The van der Waals surface area contributed by atoms with Gasteiger partial charge in [0.2, 0.25) is 0 Å². The Kier molecular flexibility index (Phi) is 6.33. The molecule has 2 aromatic rings. The third-order valence-corrected chi connectivity index (χ3v) is 4.70. The maximum atomic E-state index is 12.6. The third-order valence-electron chi connectivity index (χ3n) is 4.20. The molecule has 1 aliphatic rings. The molecule has 0 atom stereocenters. The molecule has 1 aliphatic carbocycles. The van der Waals surface area contributed by atoms with Crippen LogP contribution in [0.25, 0.3) is 0 Å². The molecule has 5 nitrogen and oxygen atoms in total. The van der Waals surface area contributed by atoms with Crippen molar-refractivity contribution in [2.24, 2.45) is 0 Å². The molecule has 1 amide bonds. The summed E-state index contributed by atoms with van der Waals surface area (Å²) in [6.07, 6.45) is -4.15. The molecule has 0 bridgehead atoms. The minimum absolute atomic E-state index is 0.0730. The number of anilines is 1. The molecule has 1 saturated carbocycles. The third kappa shape index (κ3) is 6.05. The zero-order valence-electron chi connectivity index (χ0n) is 14.6. The van der Waals surface area contributed by atoms with E-state index in [1.807, 2.05) is 30.3 Å². The molecule has 9 heteroatoms. The van der Waals surface area contributed by atoms with E-state index in [0.29, 0.717) is 17.3 Å². The number of carbonyl (C=O) groups is 1. The van der Waals surface area contributed by atoms with Crippen LogP contribution in [0.1, 0.15) is 18.4 Å². The average Bonchev–Trinajstić information content (AvgIpc) is 2.59. The van der Waals surface area contributed by atoms with Crippen molar-refractivity contribution in [1.82, 2.24) is 5.32 Å². The van der Waals surface area contributed by atoms with Crippen LogP contribution in [0.5, 0.6) is 5.75 Å². The van der Waals surface area contributed by atoms with Gasteiger partial charge in [-0.05, 0) is 36.6 Å². The minimum atomic E-state index is -4.77. The van der Waals surface area contributed by atoms with Crippen LogP contribution >= 0.6 is 15.9 Å². The van der Waals surface area contributed by atoms with Gasteiger partial charge >= 0.3 is 12.5 Å². The van der Waals surface area contributed by atoms with Gasteiger partial charge in [0.15, 0.2) is 5.75 Å². The predicted molar refractivity (Wildman–Crippen MR) is 101 cm³/mol. The van der Waals surface area contributed by atoms with Crippen LogP contribution in [0.4, 0.5) is 23.7 Å². The van der Waals surface area contributed by atoms with E-state index in [1.54, 1.807) is 6.07 Å². The predicted octanol–water partition coefficient (Wildman–Crippen LogP) is 5.22. The summed E-state index contributed by atoms with van der Waals surface area (Å²) in [5.74, 6) is -0.305. The highest BCUT2D eigenvalue weighted by Crippen LogP contribution is 2.35. The second-order valence-corrected chi connectivity index (χ2v) is 7.32. The number of hydrogen-bond donors (Lipinski definition) is 2. The van der Waals surface area contributed by atoms with Crippen LogP contribution in [0.2, 0.25) is 0 Å². The Bertz CT molecular complexity index is 812. The first-order valence-electron chi connectivity index (χ1n) is 8.57. The van der Waals surface area contributed by atoms with Crippen LogP contribution in [-0.4, -0.2) is 24.5 Å². The standard InChI is InChI=1S/C19H18BrF3N2O3/c20-13-6-7-16(17(8-13)28-19(21,22)23)24-14-9-15(10-14)25-18(26)27-11-12-4-2-1-3-5-12/h1-8,14-15,24H,9-11H2,(H,25,26). The highest BCUT2D eigenvalue weighted by atomic mass is 79.9. The molecule has 0 aliphatic heterocycles. The van der Waals surface area contributed by atoms with Crippen molar-refractivity contribution in [3.63, 3.8) is 0 Å². The van der Waals surface area contributed by atoms with Crippen molar-refractivity contribution in [2.45, 2.75) is 37.9 Å². The maximum Gasteiger partial charge on any atom is 0.573 e. The van der Waals surface area contributed by atoms with Crippen LogP contribution in [0, 0.1) is 0 Å². The van der Waals surface area contributed by atoms with Crippen LogP contribution in [-0.2, 0) is 11.3 Å². The summed E-state index contributed by atoms with van der Waals surface area (Å²) in [6.45, 7) is 0.179. The van der Waals surface area contributed by atoms with Gasteiger partial charge in [-0.2, -0.15) is 0 Å². The first-order valence-corrected chi connectivity index (χ1v) is 9.37. The Morgan fingerprint density at radius 3 is 2.50 bits per heavy atom. The topological polar surface area (TPSA) is 59.6 Å². The van der Waals surface area contributed by atoms with Gasteiger partial charge in [0, 0.05) is 16.6 Å². The van der Waals surface area contributed by atoms with Gasteiger partial charge in [0.25, 0.3) is 0 Å². The molecule has 0 unspecified atom stereocenters. The van der Waals surface area contributed by atoms with E-state index >= 15 is 0 Å². The minimum Gasteiger partial charge on any atom is -0.445 e. The second-order valence-electron chi connectivity index (χ2n) is 6.40. The summed E-state index contributed by atoms with van der Waals surface area (Å²) in [5, 5.41) is 5.76. The van der Waals surface area contributed by atoms with Crippen molar-refractivity contribution >= 4 is 27.7 Å². The van der Waals surface area contributed by atoms with E-state index in [-0.39, 0.29) is 30.1 Å². The number of carbonyl (C=O) groups excluding carboxylic acids is 1. The lowest BCUT2D eigenvalue weighted by Crippen LogP contribution is -2.49. The van der Waals surface area contributed by atoms with Crippen molar-refractivity contribution in [3.05, 3.63) is 58.6 Å². The Balaban J connectivity index is 1.45. The van der Waals surface area contributed by atoms with Crippen LogP contribution in [0.3, 0.4) is 0 Å². The molecule has 0 spiro atoms. The summed E-state index contributed by atoms with van der Waals surface area (Å²) in [6, 6.07) is 13.5. The highest BCUT2D eigenvalue weighted by molar-refractivity contribution is 9.10. The van der Waals surface area contributed by atoms with Gasteiger partial charge < -0.3 is 20.1 Å². The van der Waals surface area contributed by atoms with E-state index in [4.69, 9.17) is 4.74 Å². The maximum absolute atomic E-state index is 12.6. The molecule has 0 heterocycles. The Morgan fingerprint density at radius 2 is 1.82 bits per heavy atom. The number of nitrogens with one attached hydrogen (secondary N) is 2. The Morgan fingerprint density at radius 1 is 1.11 bits per heavy atom. The van der Waals surface area contributed by atoms with Gasteiger partial charge in [-0.15, -0.1) is 13.2 Å². The van der Waals surface area contributed by atoms with E-state index in [1.165, 1.54) is 12.1 Å². The average molecular weight is 459 g/mol. The fourth-order valence-corrected chi connectivity index (χ4v) is 3.17. The molecule has 1 fully saturated rings. The number of amides is 1. The second kappa shape index (κ2) is 8.72. The summed E-state index contributed by atoms with van der Waals surface area (Å²) >= 11 is 3.13. The fourth-order valence-electron chi connectivity index (χ4n) is 2.83. The number of benzene rings is 2. The normalized spacial score (nSPS) is 18.7. The molecule has 2 aromatic carbocycles. The Labute approximate surface area is 168 Å². The van der Waals surface area contributed by atoms with Crippen molar-refractivity contribution in [2.75, 3.05) is 5.32 Å². The summed E-state index contributed by atoms with van der Waals surface area (Å²) in [5.41, 5.74) is 1.13. The zero-order valence-corrected chi connectivity index (χ0v) is 16.2. The summed E-state index contributed by atoms with van der Waals surface area (Å²) < 4.78 is 47.4. The molecule has 0 saturated heterocycles. The number of alkyl carbamates (subject to hydrolysis) is 1. The molecule has 0 radical (unpaired) electrons.